The average Bonchev–Trinajstić information content (AvgIpc) is 3.07. The van der Waals surface area contributed by atoms with Crippen LogP contribution in [0.5, 0.6) is 0 Å². The SMILES string of the molecule is COCCN(Cc1ccccc1)S(=O)(=O)c1ccc2c(c1)CCC2. The number of hydrogen-bond donors (Lipinski definition) is 0. The van der Waals surface area contributed by atoms with Crippen LogP contribution < -0.4 is 0 Å². The van der Waals surface area contributed by atoms with Gasteiger partial charge in [-0.05, 0) is 48.1 Å². The molecule has 0 radical (unpaired) electrons. The highest BCUT2D eigenvalue weighted by Crippen LogP contribution is 2.26. The van der Waals surface area contributed by atoms with E-state index in [2.05, 4.69) is 0 Å². The Labute approximate surface area is 144 Å². The fourth-order valence-corrected chi connectivity index (χ4v) is 4.59. The Hall–Kier alpha value is -1.69. The van der Waals surface area contributed by atoms with Gasteiger partial charge >= 0.3 is 0 Å². The molecule has 0 saturated heterocycles. The van der Waals surface area contributed by atoms with E-state index in [1.54, 1.807) is 13.2 Å². The van der Waals surface area contributed by atoms with Crippen molar-refractivity contribution in [3.63, 3.8) is 0 Å². The Kier molecular flexibility index (Phi) is 5.33. The van der Waals surface area contributed by atoms with Crippen LogP contribution >= 0.6 is 0 Å². The molecule has 128 valence electrons. The van der Waals surface area contributed by atoms with E-state index in [0.717, 1.165) is 24.8 Å². The highest BCUT2D eigenvalue weighted by molar-refractivity contribution is 7.89. The predicted molar refractivity (Wildman–Crippen MR) is 94.4 cm³/mol. The van der Waals surface area contributed by atoms with E-state index in [1.165, 1.54) is 15.4 Å². The molecule has 1 aliphatic carbocycles. The number of nitrogens with zero attached hydrogens (tertiary/aromatic N) is 1. The van der Waals surface area contributed by atoms with E-state index in [0.29, 0.717) is 24.6 Å². The maximum Gasteiger partial charge on any atom is 0.243 e. The molecule has 24 heavy (non-hydrogen) atoms. The Balaban J connectivity index is 1.89. The number of methoxy groups -OCH3 is 1. The molecular weight excluding hydrogens is 322 g/mol. The number of benzene rings is 2. The zero-order chi connectivity index (χ0) is 17.0. The number of sulfonamides is 1. The highest BCUT2D eigenvalue weighted by atomic mass is 32.2. The van der Waals surface area contributed by atoms with Crippen molar-refractivity contribution in [1.82, 2.24) is 4.31 Å². The van der Waals surface area contributed by atoms with Crippen LogP contribution in [-0.2, 0) is 34.1 Å². The minimum absolute atomic E-state index is 0.338. The first-order valence-corrected chi connectivity index (χ1v) is 9.70. The largest absolute Gasteiger partial charge is 0.383 e. The third kappa shape index (κ3) is 3.69. The van der Waals surface area contributed by atoms with Gasteiger partial charge in [0.1, 0.15) is 0 Å². The predicted octanol–water partition coefficient (Wildman–Crippen LogP) is 3.01. The molecule has 2 aromatic carbocycles. The lowest BCUT2D eigenvalue weighted by Crippen LogP contribution is -2.33. The summed E-state index contributed by atoms with van der Waals surface area (Å²) in [6.07, 6.45) is 3.12. The molecule has 0 bridgehead atoms. The van der Waals surface area contributed by atoms with E-state index in [-0.39, 0.29) is 0 Å². The highest BCUT2D eigenvalue weighted by Gasteiger charge is 2.26. The molecule has 2 aromatic rings. The minimum Gasteiger partial charge on any atom is -0.383 e. The molecule has 0 atom stereocenters. The quantitative estimate of drug-likeness (QED) is 0.775. The third-order valence-corrected chi connectivity index (χ3v) is 6.30. The van der Waals surface area contributed by atoms with Gasteiger partial charge in [0, 0.05) is 20.2 Å². The van der Waals surface area contributed by atoms with Crippen molar-refractivity contribution in [2.45, 2.75) is 30.7 Å². The van der Waals surface area contributed by atoms with Gasteiger partial charge in [0.25, 0.3) is 0 Å². The topological polar surface area (TPSA) is 46.6 Å². The van der Waals surface area contributed by atoms with E-state index >= 15 is 0 Å². The van der Waals surface area contributed by atoms with E-state index in [9.17, 15) is 8.42 Å². The number of hydrogen-bond acceptors (Lipinski definition) is 3. The van der Waals surface area contributed by atoms with E-state index in [4.69, 9.17) is 4.74 Å². The smallest absolute Gasteiger partial charge is 0.243 e. The van der Waals surface area contributed by atoms with Crippen molar-refractivity contribution in [3.8, 4) is 0 Å². The maximum atomic E-state index is 13.1. The normalized spacial score (nSPS) is 14.1. The van der Waals surface area contributed by atoms with Crippen molar-refractivity contribution in [1.29, 1.82) is 0 Å². The zero-order valence-corrected chi connectivity index (χ0v) is 14.8. The van der Waals surface area contributed by atoms with Crippen LogP contribution in [0.4, 0.5) is 0 Å². The van der Waals surface area contributed by atoms with Gasteiger partial charge in [-0.1, -0.05) is 36.4 Å². The Morgan fingerprint density at radius 3 is 2.54 bits per heavy atom. The van der Waals surface area contributed by atoms with Crippen LogP contribution in [0.25, 0.3) is 0 Å². The van der Waals surface area contributed by atoms with Crippen molar-refractivity contribution >= 4 is 10.0 Å². The zero-order valence-electron chi connectivity index (χ0n) is 13.9. The molecule has 0 saturated carbocycles. The van der Waals surface area contributed by atoms with Crippen molar-refractivity contribution in [3.05, 3.63) is 65.2 Å². The van der Waals surface area contributed by atoms with Crippen LogP contribution in [0.2, 0.25) is 0 Å². The summed E-state index contributed by atoms with van der Waals surface area (Å²) in [5, 5.41) is 0. The van der Waals surface area contributed by atoms with E-state index < -0.39 is 10.0 Å². The molecule has 3 rings (SSSR count). The fourth-order valence-electron chi connectivity index (χ4n) is 3.12. The van der Waals surface area contributed by atoms with Crippen LogP contribution in [0, 0.1) is 0 Å². The maximum absolute atomic E-state index is 13.1. The summed E-state index contributed by atoms with van der Waals surface area (Å²) < 4.78 is 32.8. The summed E-state index contributed by atoms with van der Waals surface area (Å²) in [7, 11) is -1.95. The lowest BCUT2D eigenvalue weighted by molar-refractivity contribution is 0.177. The molecular formula is C19H23NO3S. The average molecular weight is 345 g/mol. The first-order chi connectivity index (χ1) is 11.6. The van der Waals surface area contributed by atoms with Gasteiger partial charge < -0.3 is 4.74 Å². The number of fused-ring (bicyclic) bond motifs is 1. The van der Waals surface area contributed by atoms with Gasteiger partial charge in [0.15, 0.2) is 0 Å². The van der Waals surface area contributed by atoms with Crippen LogP contribution in [0.1, 0.15) is 23.1 Å². The van der Waals surface area contributed by atoms with Gasteiger partial charge in [-0.3, -0.25) is 0 Å². The first-order valence-electron chi connectivity index (χ1n) is 8.26. The van der Waals surface area contributed by atoms with Gasteiger partial charge in [-0.25, -0.2) is 8.42 Å². The van der Waals surface area contributed by atoms with Crippen molar-refractivity contribution in [2.75, 3.05) is 20.3 Å². The molecule has 0 unspecified atom stereocenters. The fraction of sp³-hybridized carbons (Fsp3) is 0.368. The van der Waals surface area contributed by atoms with Gasteiger partial charge in [-0.2, -0.15) is 4.31 Å². The molecule has 0 amide bonds. The van der Waals surface area contributed by atoms with Crippen LogP contribution in [-0.4, -0.2) is 33.0 Å². The van der Waals surface area contributed by atoms with Crippen molar-refractivity contribution < 1.29 is 13.2 Å². The summed E-state index contributed by atoms with van der Waals surface area (Å²) in [5.74, 6) is 0. The van der Waals surface area contributed by atoms with Crippen molar-refractivity contribution in [2.24, 2.45) is 0 Å². The first kappa shape index (κ1) is 17.1. The third-order valence-electron chi connectivity index (χ3n) is 4.45. The Bertz CT molecular complexity index is 788. The van der Waals surface area contributed by atoms with Gasteiger partial charge in [0.2, 0.25) is 10.0 Å². The molecule has 0 aromatic heterocycles. The number of ether oxygens (including phenoxy) is 1. The summed E-state index contributed by atoms with van der Waals surface area (Å²) >= 11 is 0. The Morgan fingerprint density at radius 1 is 1.04 bits per heavy atom. The number of aryl methyl sites for hydroxylation is 2. The summed E-state index contributed by atoms with van der Waals surface area (Å²) in [6.45, 7) is 1.06. The molecule has 5 heteroatoms. The van der Waals surface area contributed by atoms with Crippen LogP contribution in [0.3, 0.4) is 0 Å². The second-order valence-corrected chi connectivity index (χ2v) is 8.04. The molecule has 0 fully saturated rings. The second-order valence-electron chi connectivity index (χ2n) is 6.10. The van der Waals surface area contributed by atoms with Gasteiger partial charge in [0.05, 0.1) is 11.5 Å². The Morgan fingerprint density at radius 2 is 1.79 bits per heavy atom. The molecule has 0 N–H and O–H groups in total. The summed E-state index contributed by atoms with van der Waals surface area (Å²) in [4.78, 5) is 0.384. The minimum atomic E-state index is -3.54. The molecule has 0 aliphatic heterocycles. The standard InChI is InChI=1S/C19H23NO3S/c1-23-13-12-20(15-16-6-3-2-4-7-16)24(21,22)19-11-10-17-8-5-9-18(17)14-19/h2-4,6-7,10-11,14H,5,8-9,12-13,15H2,1H3. The molecule has 0 spiro atoms. The lowest BCUT2D eigenvalue weighted by atomic mass is 10.1. The summed E-state index contributed by atoms with van der Waals surface area (Å²) in [6, 6.07) is 15.2. The lowest BCUT2D eigenvalue weighted by Gasteiger charge is -2.22. The van der Waals surface area contributed by atoms with E-state index in [1.807, 2.05) is 42.5 Å². The molecule has 4 nitrogen and oxygen atoms in total. The second kappa shape index (κ2) is 7.47. The monoisotopic (exact) mass is 345 g/mol. The van der Waals surface area contributed by atoms with Crippen LogP contribution in [0.15, 0.2) is 53.4 Å². The summed E-state index contributed by atoms with van der Waals surface area (Å²) in [5.41, 5.74) is 3.42. The molecule has 1 aliphatic rings. The van der Waals surface area contributed by atoms with Gasteiger partial charge in [-0.15, -0.1) is 0 Å². The number of rotatable bonds is 7. The molecule has 0 heterocycles.